The molecule has 1 aromatic carbocycles. The van der Waals surface area contributed by atoms with Crippen molar-refractivity contribution in [2.45, 2.75) is 32.2 Å². The summed E-state index contributed by atoms with van der Waals surface area (Å²) in [4.78, 5) is 27.9. The molecule has 1 unspecified atom stereocenters. The van der Waals surface area contributed by atoms with Gasteiger partial charge < -0.3 is 15.5 Å². The lowest BCUT2D eigenvalue weighted by molar-refractivity contribution is -0.141. The van der Waals surface area contributed by atoms with E-state index in [1.54, 1.807) is 16.5 Å². The minimum absolute atomic E-state index is 0. The number of hydrogen-bond acceptors (Lipinski definition) is 4. The number of nitrogens with one attached hydrogen (secondary N) is 2. The quantitative estimate of drug-likeness (QED) is 0.722. The zero-order chi connectivity index (χ0) is 20.1. The molecule has 2 amide bonds. The van der Waals surface area contributed by atoms with Gasteiger partial charge in [0.1, 0.15) is 6.04 Å². The van der Waals surface area contributed by atoms with Crippen molar-refractivity contribution < 1.29 is 9.59 Å². The fourth-order valence-electron chi connectivity index (χ4n) is 3.78. The summed E-state index contributed by atoms with van der Waals surface area (Å²) in [6.07, 6.45) is 4.59. The molecule has 0 saturated carbocycles. The fraction of sp³-hybridized carbons (Fsp3) is 0.476. The molecule has 0 radical (unpaired) electrons. The summed E-state index contributed by atoms with van der Waals surface area (Å²) in [7, 11) is 1.88. The van der Waals surface area contributed by atoms with Gasteiger partial charge in [0.25, 0.3) is 0 Å². The minimum Gasteiger partial charge on any atom is -0.331 e. The number of anilines is 1. The van der Waals surface area contributed by atoms with Crippen LogP contribution in [0.25, 0.3) is 0 Å². The van der Waals surface area contributed by atoms with Crippen LogP contribution in [0.15, 0.2) is 42.7 Å². The maximum absolute atomic E-state index is 13.4. The lowest BCUT2D eigenvalue weighted by Gasteiger charge is -2.32. The van der Waals surface area contributed by atoms with Gasteiger partial charge in [0.2, 0.25) is 11.8 Å². The van der Waals surface area contributed by atoms with Gasteiger partial charge in [0.05, 0.1) is 12.1 Å². The molecule has 1 fully saturated rings. The molecule has 158 valence electrons. The molecule has 1 aliphatic rings. The highest BCUT2D eigenvalue weighted by atomic mass is 35.5. The summed E-state index contributed by atoms with van der Waals surface area (Å²) in [6.45, 7) is 5.73. The third kappa shape index (κ3) is 5.36. The Balaban J connectivity index is 0.00000300. The largest absolute Gasteiger partial charge is 0.331 e. The Morgan fingerprint density at radius 2 is 2.03 bits per heavy atom. The first kappa shape index (κ1) is 22.9. The molecule has 0 aliphatic carbocycles. The Morgan fingerprint density at radius 3 is 2.66 bits per heavy atom. The summed E-state index contributed by atoms with van der Waals surface area (Å²) >= 11 is 0. The van der Waals surface area contributed by atoms with Gasteiger partial charge in [0, 0.05) is 44.5 Å². The maximum Gasteiger partial charge on any atom is 0.246 e. The third-order valence-electron chi connectivity index (χ3n) is 5.32. The van der Waals surface area contributed by atoms with E-state index in [-0.39, 0.29) is 36.1 Å². The average molecular weight is 420 g/mol. The van der Waals surface area contributed by atoms with Crippen molar-refractivity contribution in [1.29, 1.82) is 0 Å². The molecule has 2 N–H and O–H groups in total. The summed E-state index contributed by atoms with van der Waals surface area (Å²) in [6, 6.07) is 8.79. The monoisotopic (exact) mass is 419 g/mol. The Labute approximate surface area is 178 Å². The number of hydrogen-bond donors (Lipinski definition) is 2. The van der Waals surface area contributed by atoms with Crippen LogP contribution >= 0.6 is 12.4 Å². The van der Waals surface area contributed by atoms with E-state index >= 15 is 0 Å². The number of para-hydroxylation sites is 1. The van der Waals surface area contributed by atoms with Crippen LogP contribution in [0.1, 0.15) is 31.7 Å². The van der Waals surface area contributed by atoms with Crippen LogP contribution in [-0.2, 0) is 16.6 Å². The van der Waals surface area contributed by atoms with Crippen molar-refractivity contribution in [3.63, 3.8) is 0 Å². The van der Waals surface area contributed by atoms with E-state index in [1.807, 2.05) is 56.7 Å². The molecule has 0 bridgehead atoms. The van der Waals surface area contributed by atoms with Crippen LogP contribution in [0.3, 0.4) is 0 Å². The molecule has 1 aliphatic heterocycles. The first-order chi connectivity index (χ1) is 13.5. The lowest BCUT2D eigenvalue weighted by atomic mass is 9.89. The summed E-state index contributed by atoms with van der Waals surface area (Å²) in [5.74, 6) is -0.263. The predicted octanol–water partition coefficient (Wildman–Crippen LogP) is 2.41. The van der Waals surface area contributed by atoms with Crippen molar-refractivity contribution in [3.05, 3.63) is 48.3 Å². The molecule has 3 rings (SSSR count). The normalized spacial score (nSPS) is 19.3. The van der Waals surface area contributed by atoms with E-state index in [4.69, 9.17) is 0 Å². The first-order valence-corrected chi connectivity index (χ1v) is 9.87. The van der Waals surface area contributed by atoms with E-state index in [9.17, 15) is 9.59 Å². The number of benzene rings is 1. The van der Waals surface area contributed by atoms with Crippen LogP contribution in [0, 0.1) is 5.92 Å². The Morgan fingerprint density at radius 1 is 1.31 bits per heavy atom. The average Bonchev–Trinajstić information content (AvgIpc) is 3.34. The van der Waals surface area contributed by atoms with E-state index in [1.165, 1.54) is 0 Å². The Bertz CT molecular complexity index is 810. The standard InChI is InChI=1S/C21H29N5O2.ClH/c1-4-10-26(15(2)20(27)24-17-8-6-5-7-9-17)21(28)19-13-22-12-18(19)16-11-23-25(3)14-16;/h5-9,11,14-15,18-19,22H,4,10,12-13H2,1-3H3,(H,24,27);1H/t15?,18-,19+;/m1./s1. The van der Waals surface area contributed by atoms with Gasteiger partial charge in [-0.25, -0.2) is 0 Å². The number of halogens is 1. The molecule has 8 heteroatoms. The van der Waals surface area contributed by atoms with Crippen molar-refractivity contribution >= 4 is 29.9 Å². The van der Waals surface area contributed by atoms with Crippen LogP contribution < -0.4 is 10.6 Å². The number of aromatic nitrogens is 2. The fourth-order valence-corrected chi connectivity index (χ4v) is 3.78. The van der Waals surface area contributed by atoms with Gasteiger partial charge in [0.15, 0.2) is 0 Å². The molecule has 1 aromatic heterocycles. The topological polar surface area (TPSA) is 79.3 Å². The van der Waals surface area contributed by atoms with Gasteiger partial charge in [-0.05, 0) is 31.0 Å². The highest BCUT2D eigenvalue weighted by Gasteiger charge is 2.39. The molecule has 7 nitrogen and oxygen atoms in total. The Kier molecular flexibility index (Phi) is 8.22. The molecule has 29 heavy (non-hydrogen) atoms. The zero-order valence-electron chi connectivity index (χ0n) is 17.2. The van der Waals surface area contributed by atoms with Gasteiger partial charge in [-0.3, -0.25) is 14.3 Å². The molecule has 1 saturated heterocycles. The summed E-state index contributed by atoms with van der Waals surface area (Å²) in [5, 5.41) is 10.5. The molecule has 2 heterocycles. The smallest absolute Gasteiger partial charge is 0.246 e. The number of carbonyl (C=O) groups is 2. The van der Waals surface area contributed by atoms with Gasteiger partial charge in [-0.1, -0.05) is 25.1 Å². The second kappa shape index (κ2) is 10.4. The van der Waals surface area contributed by atoms with Gasteiger partial charge in [-0.15, -0.1) is 12.4 Å². The molecular formula is C21H30ClN5O2. The van der Waals surface area contributed by atoms with Crippen molar-refractivity contribution in [3.8, 4) is 0 Å². The number of aryl methyl sites for hydroxylation is 1. The number of carbonyl (C=O) groups excluding carboxylic acids is 2. The number of nitrogens with zero attached hydrogens (tertiary/aromatic N) is 3. The third-order valence-corrected chi connectivity index (χ3v) is 5.32. The second-order valence-electron chi connectivity index (χ2n) is 7.38. The maximum atomic E-state index is 13.4. The van der Waals surface area contributed by atoms with Crippen molar-refractivity contribution in [2.75, 3.05) is 25.0 Å². The summed E-state index contributed by atoms with van der Waals surface area (Å²) < 4.78 is 1.76. The van der Waals surface area contributed by atoms with Crippen molar-refractivity contribution in [2.24, 2.45) is 13.0 Å². The molecule has 2 aromatic rings. The summed E-state index contributed by atoms with van der Waals surface area (Å²) in [5.41, 5.74) is 1.79. The van der Waals surface area contributed by atoms with Crippen LogP contribution in [0.2, 0.25) is 0 Å². The zero-order valence-corrected chi connectivity index (χ0v) is 18.0. The molecule has 0 spiro atoms. The number of rotatable bonds is 7. The van der Waals surface area contributed by atoms with Crippen LogP contribution in [0.4, 0.5) is 5.69 Å². The van der Waals surface area contributed by atoms with Crippen LogP contribution in [0.5, 0.6) is 0 Å². The Hall–Kier alpha value is -2.38. The van der Waals surface area contributed by atoms with E-state index < -0.39 is 6.04 Å². The van der Waals surface area contributed by atoms with Gasteiger partial charge >= 0.3 is 0 Å². The highest BCUT2D eigenvalue weighted by molar-refractivity contribution is 5.97. The van der Waals surface area contributed by atoms with E-state index in [0.29, 0.717) is 13.1 Å². The van der Waals surface area contributed by atoms with Gasteiger partial charge in [-0.2, -0.15) is 5.10 Å². The molecular weight excluding hydrogens is 390 g/mol. The lowest BCUT2D eigenvalue weighted by Crippen LogP contribution is -2.49. The van der Waals surface area contributed by atoms with E-state index in [2.05, 4.69) is 15.7 Å². The van der Waals surface area contributed by atoms with Crippen molar-refractivity contribution in [1.82, 2.24) is 20.0 Å². The van der Waals surface area contributed by atoms with Crippen LogP contribution in [-0.4, -0.2) is 52.2 Å². The predicted molar refractivity (Wildman–Crippen MR) is 116 cm³/mol. The first-order valence-electron chi connectivity index (χ1n) is 9.87. The second-order valence-corrected chi connectivity index (χ2v) is 7.38. The van der Waals surface area contributed by atoms with E-state index in [0.717, 1.165) is 24.2 Å². The number of amides is 2. The SMILES string of the molecule is CCCN(C(=O)[C@H]1CNC[C@@H]1c1cnn(C)c1)C(C)C(=O)Nc1ccccc1.Cl. The highest BCUT2D eigenvalue weighted by Crippen LogP contribution is 2.30. The minimum atomic E-state index is -0.539. The molecule has 3 atom stereocenters.